The van der Waals surface area contributed by atoms with Gasteiger partial charge in [-0.05, 0) is 37.9 Å². The summed E-state index contributed by atoms with van der Waals surface area (Å²) in [5.74, 6) is 0.897. The van der Waals surface area contributed by atoms with Crippen LogP contribution in [0.3, 0.4) is 0 Å². The topological polar surface area (TPSA) is 29.3 Å². The predicted molar refractivity (Wildman–Crippen MR) is 70.5 cm³/mol. The van der Waals surface area contributed by atoms with Crippen molar-refractivity contribution in [3.8, 4) is 0 Å². The molecule has 1 saturated carbocycles. The van der Waals surface area contributed by atoms with Crippen molar-refractivity contribution in [2.45, 2.75) is 37.6 Å². The van der Waals surface area contributed by atoms with Crippen LogP contribution >= 0.6 is 0 Å². The maximum absolute atomic E-state index is 13.2. The van der Waals surface area contributed by atoms with Crippen molar-refractivity contribution >= 4 is 11.1 Å². The Kier molecular flexibility index (Phi) is 2.58. The number of halogens is 1. The second kappa shape index (κ2) is 4.30. The predicted octanol–water partition coefficient (Wildman–Crippen LogP) is 3.31. The Bertz CT molecular complexity index is 605. The van der Waals surface area contributed by atoms with Crippen molar-refractivity contribution in [2.24, 2.45) is 0 Å². The van der Waals surface area contributed by atoms with Crippen LogP contribution < -0.4 is 0 Å². The molecule has 100 valence electrons. The number of benzene rings is 1. The summed E-state index contributed by atoms with van der Waals surface area (Å²) in [6.45, 7) is 2.18. The van der Waals surface area contributed by atoms with E-state index in [0.717, 1.165) is 31.4 Å². The standard InChI is InChI=1S/C15H17FN2O/c16-11-4-5-14-13(8-11)17-15(19-14)10-6-7-18(9-10)12-2-1-3-12/h4-5,8,10,12H,1-3,6-7,9H2/t10-/m1/s1. The minimum atomic E-state index is -0.255. The van der Waals surface area contributed by atoms with Crippen LogP contribution in [0.4, 0.5) is 4.39 Å². The van der Waals surface area contributed by atoms with Gasteiger partial charge in [-0.15, -0.1) is 0 Å². The van der Waals surface area contributed by atoms with Crippen molar-refractivity contribution in [1.29, 1.82) is 0 Å². The molecule has 0 radical (unpaired) electrons. The summed E-state index contributed by atoms with van der Waals surface area (Å²) in [5.41, 5.74) is 1.33. The van der Waals surface area contributed by atoms with Crippen LogP contribution in [0.1, 0.15) is 37.5 Å². The molecule has 1 aromatic carbocycles. The first kappa shape index (κ1) is 11.4. The third-order valence-electron chi connectivity index (χ3n) is 4.53. The number of hydrogen-bond donors (Lipinski definition) is 0. The van der Waals surface area contributed by atoms with Gasteiger partial charge < -0.3 is 4.42 Å². The molecule has 1 saturated heterocycles. The minimum Gasteiger partial charge on any atom is -0.440 e. The molecule has 2 fully saturated rings. The first-order valence-corrected chi connectivity index (χ1v) is 7.09. The van der Waals surface area contributed by atoms with E-state index in [0.29, 0.717) is 17.0 Å². The van der Waals surface area contributed by atoms with Gasteiger partial charge in [0.05, 0.1) is 0 Å². The Morgan fingerprint density at radius 3 is 2.95 bits per heavy atom. The second-order valence-electron chi connectivity index (χ2n) is 5.73. The Morgan fingerprint density at radius 1 is 1.26 bits per heavy atom. The molecule has 0 spiro atoms. The van der Waals surface area contributed by atoms with Crippen molar-refractivity contribution < 1.29 is 8.81 Å². The number of nitrogens with zero attached hydrogens (tertiary/aromatic N) is 2. The van der Waals surface area contributed by atoms with Crippen molar-refractivity contribution in [3.63, 3.8) is 0 Å². The smallest absolute Gasteiger partial charge is 0.199 e. The Morgan fingerprint density at radius 2 is 2.16 bits per heavy atom. The summed E-state index contributed by atoms with van der Waals surface area (Å²) in [6.07, 6.45) is 5.15. The second-order valence-corrected chi connectivity index (χ2v) is 5.73. The lowest BCUT2D eigenvalue weighted by Gasteiger charge is -2.34. The molecule has 0 bridgehead atoms. The van der Waals surface area contributed by atoms with E-state index in [2.05, 4.69) is 9.88 Å². The zero-order valence-corrected chi connectivity index (χ0v) is 10.8. The third kappa shape index (κ3) is 1.94. The third-order valence-corrected chi connectivity index (χ3v) is 4.53. The highest BCUT2D eigenvalue weighted by Crippen LogP contribution is 2.34. The van der Waals surface area contributed by atoms with Crippen LogP contribution in [-0.4, -0.2) is 29.0 Å². The van der Waals surface area contributed by atoms with Gasteiger partial charge in [-0.2, -0.15) is 0 Å². The summed E-state index contributed by atoms with van der Waals surface area (Å²) < 4.78 is 18.9. The van der Waals surface area contributed by atoms with E-state index in [4.69, 9.17) is 4.42 Å². The Labute approximate surface area is 111 Å². The summed E-state index contributed by atoms with van der Waals surface area (Å²) in [7, 11) is 0. The first-order valence-electron chi connectivity index (χ1n) is 7.09. The van der Waals surface area contributed by atoms with Gasteiger partial charge in [0.25, 0.3) is 0 Å². The molecule has 0 N–H and O–H groups in total. The Balaban J connectivity index is 1.57. The first-order chi connectivity index (χ1) is 9.29. The van der Waals surface area contributed by atoms with Gasteiger partial charge in [0.1, 0.15) is 11.3 Å². The molecular formula is C15H17FN2O. The lowest BCUT2D eigenvalue weighted by atomic mass is 9.92. The average Bonchev–Trinajstić information content (AvgIpc) is 2.92. The fraction of sp³-hybridized carbons (Fsp3) is 0.533. The van der Waals surface area contributed by atoms with E-state index in [1.54, 1.807) is 6.07 Å². The number of hydrogen-bond acceptors (Lipinski definition) is 3. The van der Waals surface area contributed by atoms with Crippen LogP contribution in [0.2, 0.25) is 0 Å². The van der Waals surface area contributed by atoms with Crippen LogP contribution in [0.25, 0.3) is 11.1 Å². The van der Waals surface area contributed by atoms with E-state index in [1.165, 1.54) is 31.4 Å². The number of rotatable bonds is 2. The maximum Gasteiger partial charge on any atom is 0.199 e. The summed E-state index contributed by atoms with van der Waals surface area (Å²) >= 11 is 0. The van der Waals surface area contributed by atoms with E-state index in [-0.39, 0.29) is 5.82 Å². The molecule has 2 aromatic rings. The monoisotopic (exact) mass is 260 g/mol. The van der Waals surface area contributed by atoms with Gasteiger partial charge in [0, 0.05) is 24.6 Å². The fourth-order valence-corrected chi connectivity index (χ4v) is 3.17. The molecule has 0 amide bonds. The quantitative estimate of drug-likeness (QED) is 0.829. The van der Waals surface area contributed by atoms with Crippen LogP contribution in [0, 0.1) is 5.82 Å². The largest absolute Gasteiger partial charge is 0.440 e. The lowest BCUT2D eigenvalue weighted by molar-refractivity contribution is 0.156. The molecule has 4 heteroatoms. The van der Waals surface area contributed by atoms with Crippen molar-refractivity contribution in [2.75, 3.05) is 13.1 Å². The fourth-order valence-electron chi connectivity index (χ4n) is 3.17. The summed E-state index contributed by atoms with van der Waals surface area (Å²) in [5, 5.41) is 0. The molecule has 4 rings (SSSR count). The Hall–Kier alpha value is -1.42. The number of fused-ring (bicyclic) bond motifs is 1. The zero-order valence-electron chi connectivity index (χ0n) is 10.8. The maximum atomic E-state index is 13.2. The highest BCUT2D eigenvalue weighted by atomic mass is 19.1. The van der Waals surface area contributed by atoms with Gasteiger partial charge in [-0.1, -0.05) is 6.42 Å². The SMILES string of the molecule is Fc1ccc2oc([C@@H]3CCN(C4CCC4)C3)nc2c1. The van der Waals surface area contributed by atoms with Gasteiger partial charge in [0.2, 0.25) is 0 Å². The summed E-state index contributed by atoms with van der Waals surface area (Å²) in [6, 6.07) is 5.32. The van der Waals surface area contributed by atoms with E-state index < -0.39 is 0 Å². The minimum absolute atomic E-state index is 0.255. The van der Waals surface area contributed by atoms with Crippen molar-refractivity contribution in [1.82, 2.24) is 9.88 Å². The number of likely N-dealkylation sites (tertiary alicyclic amines) is 1. The van der Waals surface area contributed by atoms with Crippen LogP contribution in [-0.2, 0) is 0 Å². The molecule has 1 aliphatic carbocycles. The lowest BCUT2D eigenvalue weighted by Crippen LogP contribution is -2.38. The zero-order chi connectivity index (χ0) is 12.8. The molecule has 1 aliphatic heterocycles. The highest BCUT2D eigenvalue weighted by Gasteiger charge is 2.34. The molecule has 19 heavy (non-hydrogen) atoms. The number of oxazole rings is 1. The van der Waals surface area contributed by atoms with E-state index >= 15 is 0 Å². The van der Waals surface area contributed by atoms with E-state index in [9.17, 15) is 4.39 Å². The highest BCUT2D eigenvalue weighted by molar-refractivity contribution is 5.72. The molecular weight excluding hydrogens is 243 g/mol. The number of aromatic nitrogens is 1. The van der Waals surface area contributed by atoms with Gasteiger partial charge in [0.15, 0.2) is 11.5 Å². The average molecular weight is 260 g/mol. The normalized spacial score (nSPS) is 25.0. The van der Waals surface area contributed by atoms with E-state index in [1.807, 2.05) is 0 Å². The van der Waals surface area contributed by atoms with Crippen LogP contribution in [0.5, 0.6) is 0 Å². The molecule has 0 unspecified atom stereocenters. The molecule has 1 aromatic heterocycles. The van der Waals surface area contributed by atoms with Crippen LogP contribution in [0.15, 0.2) is 22.6 Å². The van der Waals surface area contributed by atoms with Crippen molar-refractivity contribution in [3.05, 3.63) is 29.9 Å². The molecule has 3 nitrogen and oxygen atoms in total. The van der Waals surface area contributed by atoms with Gasteiger partial charge >= 0.3 is 0 Å². The molecule has 1 atom stereocenters. The summed E-state index contributed by atoms with van der Waals surface area (Å²) in [4.78, 5) is 7.02. The molecule has 2 heterocycles. The van der Waals surface area contributed by atoms with Gasteiger partial charge in [-0.25, -0.2) is 9.37 Å². The van der Waals surface area contributed by atoms with Gasteiger partial charge in [-0.3, -0.25) is 4.90 Å². The molecule has 2 aliphatic rings.